The van der Waals surface area contributed by atoms with Crippen molar-refractivity contribution in [3.8, 4) is 0 Å². The van der Waals surface area contributed by atoms with Gasteiger partial charge in [0.25, 0.3) is 0 Å². The van der Waals surface area contributed by atoms with E-state index >= 15 is 0 Å². The van der Waals surface area contributed by atoms with Crippen molar-refractivity contribution in [3.05, 3.63) is 0 Å². The van der Waals surface area contributed by atoms with Crippen LogP contribution in [0.2, 0.25) is 0 Å². The van der Waals surface area contributed by atoms with E-state index in [1.165, 1.54) is 12.3 Å². The number of hydrogen-bond acceptors (Lipinski definition) is 2. The van der Waals surface area contributed by atoms with Crippen LogP contribution in [0.5, 0.6) is 0 Å². The molecule has 78 valence electrons. The molecule has 1 heterocycles. The molecule has 13 heavy (non-hydrogen) atoms. The Bertz CT molecular complexity index is 158. The third-order valence-electron chi connectivity index (χ3n) is 3.23. The number of thioether (sulfide) groups is 1. The Labute approximate surface area is 87.3 Å². The zero-order chi connectivity index (χ0) is 10.0. The Morgan fingerprint density at radius 1 is 1.38 bits per heavy atom. The minimum atomic E-state index is 0.756. The highest BCUT2D eigenvalue weighted by molar-refractivity contribution is 8.00. The van der Waals surface area contributed by atoms with Crippen LogP contribution in [0.4, 0.5) is 0 Å². The van der Waals surface area contributed by atoms with Gasteiger partial charge in [-0.2, -0.15) is 0 Å². The average molecular weight is 201 g/mol. The normalized spacial score (nSPS) is 32.8. The summed E-state index contributed by atoms with van der Waals surface area (Å²) in [6.07, 6.45) is 1.27. The second-order valence-corrected chi connectivity index (χ2v) is 5.65. The summed E-state index contributed by atoms with van der Waals surface area (Å²) in [6, 6.07) is 1.52. The maximum absolute atomic E-state index is 2.65. The fourth-order valence-corrected chi connectivity index (χ4v) is 3.78. The number of nitrogens with zero attached hydrogens (tertiary/aromatic N) is 1. The SMILES string of the molecule is CCC(C)N1CSC(C(C)C)C1C. The zero-order valence-electron chi connectivity index (χ0n) is 9.58. The van der Waals surface area contributed by atoms with Gasteiger partial charge in [-0.05, 0) is 26.2 Å². The molecule has 0 radical (unpaired) electrons. The van der Waals surface area contributed by atoms with Crippen LogP contribution in [0.15, 0.2) is 0 Å². The first-order valence-electron chi connectivity index (χ1n) is 5.45. The van der Waals surface area contributed by atoms with Crippen LogP contribution in [0.25, 0.3) is 0 Å². The van der Waals surface area contributed by atoms with E-state index in [-0.39, 0.29) is 0 Å². The van der Waals surface area contributed by atoms with Crippen molar-refractivity contribution in [1.82, 2.24) is 4.90 Å². The Morgan fingerprint density at radius 2 is 2.00 bits per heavy atom. The van der Waals surface area contributed by atoms with E-state index in [1.54, 1.807) is 0 Å². The lowest BCUT2D eigenvalue weighted by Crippen LogP contribution is -2.39. The lowest BCUT2D eigenvalue weighted by molar-refractivity contribution is 0.184. The molecule has 0 amide bonds. The summed E-state index contributed by atoms with van der Waals surface area (Å²) in [6.45, 7) is 11.7. The largest absolute Gasteiger partial charge is 0.288 e. The minimum absolute atomic E-state index is 0.756. The van der Waals surface area contributed by atoms with Gasteiger partial charge in [0.05, 0.1) is 0 Å². The lowest BCUT2D eigenvalue weighted by Gasteiger charge is -2.29. The first kappa shape index (κ1) is 11.4. The van der Waals surface area contributed by atoms with Gasteiger partial charge in [0.2, 0.25) is 0 Å². The predicted octanol–water partition coefficient (Wildman–Crippen LogP) is 3.20. The molecule has 1 aliphatic rings. The Hall–Kier alpha value is 0.310. The zero-order valence-corrected chi connectivity index (χ0v) is 10.4. The highest BCUT2D eigenvalue weighted by atomic mass is 32.2. The minimum Gasteiger partial charge on any atom is -0.288 e. The van der Waals surface area contributed by atoms with Gasteiger partial charge in [-0.25, -0.2) is 0 Å². The standard InChI is InChI=1S/C11H23NS/c1-6-9(4)12-7-13-11(8(2)3)10(12)5/h8-11H,6-7H2,1-5H3. The molecule has 3 unspecified atom stereocenters. The van der Waals surface area contributed by atoms with Crippen molar-refractivity contribution >= 4 is 11.8 Å². The Morgan fingerprint density at radius 3 is 2.38 bits per heavy atom. The van der Waals surface area contributed by atoms with E-state index in [0.29, 0.717) is 0 Å². The van der Waals surface area contributed by atoms with Crippen LogP contribution >= 0.6 is 11.8 Å². The van der Waals surface area contributed by atoms with Crippen molar-refractivity contribution in [2.24, 2.45) is 5.92 Å². The van der Waals surface area contributed by atoms with Crippen LogP contribution < -0.4 is 0 Å². The second-order valence-electron chi connectivity index (χ2n) is 4.52. The molecule has 1 fully saturated rings. The summed E-state index contributed by atoms with van der Waals surface area (Å²) < 4.78 is 0. The van der Waals surface area contributed by atoms with Crippen molar-refractivity contribution < 1.29 is 0 Å². The van der Waals surface area contributed by atoms with E-state index in [9.17, 15) is 0 Å². The van der Waals surface area contributed by atoms with Gasteiger partial charge < -0.3 is 0 Å². The van der Waals surface area contributed by atoms with E-state index in [0.717, 1.165) is 23.3 Å². The summed E-state index contributed by atoms with van der Waals surface area (Å²) in [4.78, 5) is 2.65. The second kappa shape index (κ2) is 4.70. The first-order chi connectivity index (χ1) is 6.07. The van der Waals surface area contributed by atoms with Crippen molar-refractivity contribution in [3.63, 3.8) is 0 Å². The third kappa shape index (κ3) is 2.41. The summed E-state index contributed by atoms with van der Waals surface area (Å²) in [5, 5.41) is 0.842. The summed E-state index contributed by atoms with van der Waals surface area (Å²) in [7, 11) is 0. The molecule has 0 N–H and O–H groups in total. The molecule has 1 aliphatic heterocycles. The molecule has 0 bridgehead atoms. The van der Waals surface area contributed by atoms with E-state index in [1.807, 2.05) is 0 Å². The van der Waals surface area contributed by atoms with Gasteiger partial charge in [-0.3, -0.25) is 4.90 Å². The maximum Gasteiger partial charge on any atom is 0.0453 e. The fraction of sp³-hybridized carbons (Fsp3) is 1.00. The van der Waals surface area contributed by atoms with Crippen molar-refractivity contribution in [1.29, 1.82) is 0 Å². The quantitative estimate of drug-likeness (QED) is 0.690. The average Bonchev–Trinajstić information content (AvgIpc) is 2.46. The molecular weight excluding hydrogens is 178 g/mol. The number of rotatable bonds is 3. The molecule has 1 rings (SSSR count). The molecule has 3 atom stereocenters. The van der Waals surface area contributed by atoms with Gasteiger partial charge in [0.1, 0.15) is 0 Å². The van der Waals surface area contributed by atoms with Crippen molar-refractivity contribution in [2.45, 2.75) is 58.4 Å². The van der Waals surface area contributed by atoms with Crippen LogP contribution in [-0.2, 0) is 0 Å². The smallest absolute Gasteiger partial charge is 0.0453 e. The fourth-order valence-electron chi connectivity index (χ4n) is 2.13. The van der Waals surface area contributed by atoms with E-state index in [2.05, 4.69) is 51.3 Å². The van der Waals surface area contributed by atoms with Gasteiger partial charge in [0, 0.05) is 23.2 Å². The van der Waals surface area contributed by atoms with Crippen LogP contribution in [0, 0.1) is 5.92 Å². The summed E-state index contributed by atoms with van der Waals surface area (Å²) in [5.74, 6) is 2.05. The highest BCUT2D eigenvalue weighted by Crippen LogP contribution is 2.35. The molecule has 0 aromatic heterocycles. The maximum atomic E-state index is 2.65. The molecule has 1 saturated heterocycles. The summed E-state index contributed by atoms with van der Waals surface area (Å²) in [5.41, 5.74) is 0. The Balaban J connectivity index is 2.54. The molecule has 2 heteroatoms. The monoisotopic (exact) mass is 201 g/mol. The molecule has 0 spiro atoms. The van der Waals surface area contributed by atoms with Gasteiger partial charge in [-0.1, -0.05) is 20.8 Å². The molecule has 0 saturated carbocycles. The molecule has 1 nitrogen and oxygen atoms in total. The summed E-state index contributed by atoms with van der Waals surface area (Å²) >= 11 is 2.14. The van der Waals surface area contributed by atoms with Crippen LogP contribution in [0.3, 0.4) is 0 Å². The van der Waals surface area contributed by atoms with Gasteiger partial charge >= 0.3 is 0 Å². The first-order valence-corrected chi connectivity index (χ1v) is 6.50. The highest BCUT2D eigenvalue weighted by Gasteiger charge is 2.34. The van der Waals surface area contributed by atoms with E-state index < -0.39 is 0 Å². The van der Waals surface area contributed by atoms with Crippen molar-refractivity contribution in [2.75, 3.05) is 5.88 Å². The third-order valence-corrected chi connectivity index (χ3v) is 5.00. The predicted molar refractivity (Wildman–Crippen MR) is 62.1 cm³/mol. The van der Waals surface area contributed by atoms with Crippen LogP contribution in [0.1, 0.15) is 41.0 Å². The van der Waals surface area contributed by atoms with Gasteiger partial charge in [-0.15, -0.1) is 11.8 Å². The molecule has 0 aromatic rings. The molecular formula is C11H23NS. The topological polar surface area (TPSA) is 3.24 Å². The number of hydrogen-bond donors (Lipinski definition) is 0. The molecule has 0 aliphatic carbocycles. The molecule has 0 aromatic carbocycles. The van der Waals surface area contributed by atoms with Crippen LogP contribution in [-0.4, -0.2) is 28.1 Å². The lowest BCUT2D eigenvalue weighted by atomic mass is 10.0. The van der Waals surface area contributed by atoms with Gasteiger partial charge in [0.15, 0.2) is 0 Å². The van der Waals surface area contributed by atoms with E-state index in [4.69, 9.17) is 0 Å². The Kier molecular flexibility index (Phi) is 4.11.